The number of hydrogen-bond acceptors (Lipinski definition) is 5. The van der Waals surface area contributed by atoms with E-state index in [0.29, 0.717) is 23.7 Å². The molecule has 0 aliphatic rings. The number of carbonyl (C=O) groups is 1. The fourth-order valence-corrected chi connectivity index (χ4v) is 2.89. The van der Waals surface area contributed by atoms with Crippen LogP contribution in [0.3, 0.4) is 0 Å². The molecule has 1 radical (unpaired) electrons. The fraction of sp³-hybridized carbons (Fsp3) is 0.217. The van der Waals surface area contributed by atoms with Crippen molar-refractivity contribution in [3.8, 4) is 5.75 Å². The van der Waals surface area contributed by atoms with Crippen LogP contribution in [0.5, 0.6) is 5.75 Å². The van der Waals surface area contributed by atoms with Crippen LogP contribution < -0.4 is 15.0 Å². The lowest BCUT2D eigenvalue weighted by Crippen LogP contribution is -2.26. The summed E-state index contributed by atoms with van der Waals surface area (Å²) in [6, 6.07) is 17.4. The Labute approximate surface area is 171 Å². The minimum Gasteiger partial charge on any atom is -0.486 e. The molecule has 3 rings (SSSR count). The molecule has 29 heavy (non-hydrogen) atoms. The molecule has 0 aliphatic heterocycles. The van der Waals surface area contributed by atoms with Crippen LogP contribution in [-0.4, -0.2) is 29.5 Å². The Bertz CT molecular complexity index is 929. The van der Waals surface area contributed by atoms with Gasteiger partial charge in [0, 0.05) is 37.7 Å². The second-order valence-corrected chi connectivity index (χ2v) is 6.49. The van der Waals surface area contributed by atoms with Crippen LogP contribution >= 0.6 is 0 Å². The number of nitrogens with zero attached hydrogens (tertiary/aromatic N) is 3. The van der Waals surface area contributed by atoms with E-state index in [1.165, 1.54) is 12.4 Å². The first-order chi connectivity index (χ1) is 14.1. The summed E-state index contributed by atoms with van der Waals surface area (Å²) in [7, 11) is 1.72. The molecular weight excluding hydrogens is 364 g/mol. The summed E-state index contributed by atoms with van der Waals surface area (Å²) in [4.78, 5) is 22.7. The van der Waals surface area contributed by atoms with Crippen LogP contribution in [-0.2, 0) is 0 Å². The molecule has 0 aliphatic carbocycles. The number of carbonyl (C=O) groups excluding carboxylic acids is 1. The number of rotatable bonds is 8. The molecule has 6 heteroatoms. The van der Waals surface area contributed by atoms with Crippen LogP contribution in [0.1, 0.15) is 35.4 Å². The van der Waals surface area contributed by atoms with Gasteiger partial charge in [-0.3, -0.25) is 4.79 Å². The Hall–Kier alpha value is -3.41. The maximum absolute atomic E-state index is 12.8. The van der Waals surface area contributed by atoms with E-state index in [4.69, 9.17) is 4.74 Å². The van der Waals surface area contributed by atoms with Crippen LogP contribution in [0.15, 0.2) is 67.0 Å². The van der Waals surface area contributed by atoms with Crippen molar-refractivity contribution in [3.63, 3.8) is 0 Å². The van der Waals surface area contributed by atoms with Crippen molar-refractivity contribution < 1.29 is 9.53 Å². The second-order valence-electron chi connectivity index (χ2n) is 6.49. The third-order valence-corrected chi connectivity index (χ3v) is 4.46. The average Bonchev–Trinajstić information content (AvgIpc) is 2.78. The van der Waals surface area contributed by atoms with Crippen LogP contribution in [0.2, 0.25) is 0 Å². The fourth-order valence-electron chi connectivity index (χ4n) is 2.89. The molecule has 1 aromatic heterocycles. The third kappa shape index (κ3) is 5.10. The summed E-state index contributed by atoms with van der Waals surface area (Å²) in [6.45, 7) is 6.68. The standard InChI is InChI=1S/C23H25N4O2/c1-4-21(17-10-7-6-8-11-17)29-20-13-9-12-19(14-20)27(3)22(28)18-15-25-23(24-5-2)26-16-18/h6-16,21H,1,4-5H2,2-3H3,(H,24,25,26). The predicted molar refractivity (Wildman–Crippen MR) is 115 cm³/mol. The van der Waals surface area contributed by atoms with Crippen LogP contribution in [0.4, 0.5) is 11.6 Å². The Morgan fingerprint density at radius 1 is 1.14 bits per heavy atom. The largest absolute Gasteiger partial charge is 0.486 e. The first kappa shape index (κ1) is 20.3. The molecule has 0 spiro atoms. The molecule has 0 saturated heterocycles. The van der Waals surface area contributed by atoms with Crippen molar-refractivity contribution in [3.05, 3.63) is 85.0 Å². The molecule has 0 bridgehead atoms. The minimum absolute atomic E-state index is 0.153. The number of amides is 1. The Balaban J connectivity index is 1.74. The van der Waals surface area contributed by atoms with Crippen LogP contribution in [0.25, 0.3) is 0 Å². The van der Waals surface area contributed by atoms with E-state index in [1.807, 2.05) is 61.5 Å². The van der Waals surface area contributed by atoms with Crippen LogP contribution in [0, 0.1) is 6.92 Å². The Kier molecular flexibility index (Phi) is 6.79. The topological polar surface area (TPSA) is 67.3 Å². The maximum atomic E-state index is 12.8. The highest BCUT2D eigenvalue weighted by atomic mass is 16.5. The molecule has 149 valence electrons. The molecule has 2 aromatic carbocycles. The van der Waals surface area contributed by atoms with Gasteiger partial charge in [0.05, 0.1) is 5.56 Å². The molecule has 1 N–H and O–H groups in total. The highest BCUT2D eigenvalue weighted by molar-refractivity contribution is 6.05. The minimum atomic E-state index is -0.193. The first-order valence-electron chi connectivity index (χ1n) is 9.57. The highest BCUT2D eigenvalue weighted by Gasteiger charge is 2.16. The number of benzene rings is 2. The van der Waals surface area contributed by atoms with Gasteiger partial charge in [0.2, 0.25) is 5.95 Å². The van der Waals surface area contributed by atoms with Crippen molar-refractivity contribution in [1.29, 1.82) is 0 Å². The summed E-state index contributed by atoms with van der Waals surface area (Å²) >= 11 is 0. The van der Waals surface area contributed by atoms with Crippen molar-refractivity contribution >= 4 is 17.5 Å². The lowest BCUT2D eigenvalue weighted by Gasteiger charge is -2.21. The van der Waals surface area contributed by atoms with Gasteiger partial charge in [0.15, 0.2) is 0 Å². The molecule has 1 atom stereocenters. The van der Waals surface area contributed by atoms with Gasteiger partial charge >= 0.3 is 0 Å². The lowest BCUT2D eigenvalue weighted by molar-refractivity contribution is 0.0992. The van der Waals surface area contributed by atoms with E-state index >= 15 is 0 Å². The summed E-state index contributed by atoms with van der Waals surface area (Å²) in [5.74, 6) is 0.989. The molecule has 3 aromatic rings. The molecule has 1 amide bonds. The van der Waals surface area contributed by atoms with Gasteiger partial charge in [-0.2, -0.15) is 0 Å². The summed E-state index contributed by atoms with van der Waals surface area (Å²) in [5.41, 5.74) is 2.20. The summed E-state index contributed by atoms with van der Waals surface area (Å²) in [5, 5.41) is 3.01. The summed E-state index contributed by atoms with van der Waals surface area (Å²) < 4.78 is 6.14. The van der Waals surface area contributed by atoms with E-state index in [9.17, 15) is 4.79 Å². The number of aromatic nitrogens is 2. The van der Waals surface area contributed by atoms with Gasteiger partial charge in [-0.25, -0.2) is 9.97 Å². The van der Waals surface area contributed by atoms with Crippen molar-refractivity contribution in [2.45, 2.75) is 19.4 Å². The molecule has 6 nitrogen and oxygen atoms in total. The Morgan fingerprint density at radius 3 is 2.52 bits per heavy atom. The van der Waals surface area contributed by atoms with Crippen molar-refractivity contribution in [2.75, 3.05) is 23.8 Å². The van der Waals surface area contributed by atoms with E-state index in [2.05, 4.69) is 22.2 Å². The van der Waals surface area contributed by atoms with Gasteiger partial charge in [0.1, 0.15) is 11.9 Å². The van der Waals surface area contributed by atoms with Crippen molar-refractivity contribution in [2.24, 2.45) is 0 Å². The van der Waals surface area contributed by atoms with Crippen molar-refractivity contribution in [1.82, 2.24) is 9.97 Å². The van der Waals surface area contributed by atoms with E-state index in [-0.39, 0.29) is 12.0 Å². The van der Waals surface area contributed by atoms with Gasteiger partial charge in [0.25, 0.3) is 5.91 Å². The molecule has 1 heterocycles. The molecule has 0 saturated carbocycles. The average molecular weight is 389 g/mol. The second kappa shape index (κ2) is 9.68. The number of anilines is 2. The third-order valence-electron chi connectivity index (χ3n) is 4.46. The zero-order chi connectivity index (χ0) is 20.6. The normalized spacial score (nSPS) is 11.6. The van der Waals surface area contributed by atoms with Gasteiger partial charge < -0.3 is 15.0 Å². The molecule has 1 unspecified atom stereocenters. The van der Waals surface area contributed by atoms with Gasteiger partial charge in [-0.15, -0.1) is 0 Å². The van der Waals surface area contributed by atoms with E-state index < -0.39 is 0 Å². The zero-order valence-electron chi connectivity index (χ0n) is 16.7. The Morgan fingerprint density at radius 2 is 1.86 bits per heavy atom. The van der Waals surface area contributed by atoms with Gasteiger partial charge in [-0.1, -0.05) is 36.4 Å². The maximum Gasteiger partial charge on any atom is 0.261 e. The molecular formula is C23H25N4O2. The highest BCUT2D eigenvalue weighted by Crippen LogP contribution is 2.28. The monoisotopic (exact) mass is 389 g/mol. The van der Waals surface area contributed by atoms with E-state index in [1.54, 1.807) is 11.9 Å². The number of ether oxygens (including phenoxy) is 1. The first-order valence-corrected chi connectivity index (χ1v) is 9.57. The SMILES string of the molecule is [CH2]CC(Oc1cccc(N(C)C(=O)c2cnc(NCC)nc2)c1)c1ccccc1. The smallest absolute Gasteiger partial charge is 0.261 e. The quantitative estimate of drug-likeness (QED) is 0.613. The zero-order valence-corrected chi connectivity index (χ0v) is 16.7. The molecule has 0 fully saturated rings. The van der Waals surface area contributed by atoms with E-state index in [0.717, 1.165) is 17.8 Å². The number of hydrogen-bond donors (Lipinski definition) is 1. The number of nitrogens with one attached hydrogen (secondary N) is 1. The predicted octanol–water partition coefficient (Wildman–Crippen LogP) is 4.53. The van der Waals surface area contributed by atoms with Gasteiger partial charge in [-0.05, 0) is 38.0 Å². The summed E-state index contributed by atoms with van der Waals surface area (Å²) in [6.07, 6.45) is 3.49. The lowest BCUT2D eigenvalue weighted by atomic mass is 10.1.